The van der Waals surface area contributed by atoms with Crippen molar-refractivity contribution >= 4 is 52.8 Å². The van der Waals surface area contributed by atoms with Crippen LogP contribution in [0.5, 0.6) is 0 Å². The van der Waals surface area contributed by atoms with Gasteiger partial charge in [-0.2, -0.15) is 0 Å². The van der Waals surface area contributed by atoms with E-state index in [0.29, 0.717) is 0 Å². The van der Waals surface area contributed by atoms with Gasteiger partial charge in [-0.25, -0.2) is 0 Å². The monoisotopic (exact) mass is 770 g/mol. The second kappa shape index (κ2) is 14.0. The first-order chi connectivity index (χ1) is 23.1. The van der Waals surface area contributed by atoms with Crippen LogP contribution in [0.3, 0.4) is 0 Å². The minimum absolute atomic E-state index is 0. The maximum atomic E-state index is 2.51. The van der Waals surface area contributed by atoms with Crippen molar-refractivity contribution < 1.29 is 21.3 Å². The molecule has 0 fully saturated rings. The van der Waals surface area contributed by atoms with Gasteiger partial charge in [-0.1, -0.05) is 0 Å². The number of rotatable bonds is 4. The number of allylic oxidation sites excluding steroid dienone is 4. The van der Waals surface area contributed by atoms with Gasteiger partial charge >= 0.3 is 296 Å². The van der Waals surface area contributed by atoms with Crippen LogP contribution in [-0.2, 0) is 38.5 Å². The normalized spacial score (nSPS) is 13.4. The van der Waals surface area contributed by atoms with Crippen LogP contribution in [0.1, 0.15) is 81.3 Å². The molecule has 0 aromatic heterocycles. The van der Waals surface area contributed by atoms with Crippen molar-refractivity contribution in [2.24, 2.45) is 0 Å². The van der Waals surface area contributed by atoms with E-state index < -0.39 is 21.3 Å². The maximum absolute atomic E-state index is 2.90. The molecule has 252 valence electrons. The topological polar surface area (TPSA) is 0 Å². The van der Waals surface area contributed by atoms with Crippen molar-refractivity contribution in [3.63, 3.8) is 0 Å². The Morgan fingerprint density at radius 1 is 0.580 bits per heavy atom. The molecule has 6 aromatic rings. The Hall–Kier alpha value is -3.35. The SMILES string of the molecule is CC(C)(C)c1ccc2c(c1)Cc1c-2ccc(C(C)(C)C)[c]1[Zr]([C]1=CC=CC1)=[C](c1ccc2ccccc2c1)c1ccc2ccccc2c1.Cl.Cl. The van der Waals surface area contributed by atoms with E-state index in [4.69, 9.17) is 0 Å². The van der Waals surface area contributed by atoms with Crippen LogP contribution in [0.2, 0.25) is 0 Å². The molecule has 0 bridgehead atoms. The van der Waals surface area contributed by atoms with Crippen LogP contribution < -0.4 is 3.27 Å². The summed E-state index contributed by atoms with van der Waals surface area (Å²) in [6.45, 7) is 14.3. The molecule has 0 saturated carbocycles. The summed E-state index contributed by atoms with van der Waals surface area (Å²) in [7, 11) is 0. The van der Waals surface area contributed by atoms with Crippen LogP contribution in [0.25, 0.3) is 32.7 Å². The summed E-state index contributed by atoms with van der Waals surface area (Å²) in [4.78, 5) is 0. The number of fused-ring (bicyclic) bond motifs is 5. The molecule has 8 rings (SSSR count). The van der Waals surface area contributed by atoms with E-state index in [1.54, 1.807) is 15.3 Å². The molecule has 6 aromatic carbocycles. The van der Waals surface area contributed by atoms with Crippen LogP contribution in [-0.4, -0.2) is 3.21 Å². The maximum Gasteiger partial charge on any atom is -0.147 e. The van der Waals surface area contributed by atoms with Crippen molar-refractivity contribution in [2.75, 3.05) is 0 Å². The molecule has 0 N–H and O–H groups in total. The smallest absolute Gasteiger partial charge is 0.147 e. The van der Waals surface area contributed by atoms with Crippen molar-refractivity contribution in [3.8, 4) is 11.1 Å². The third-order valence-corrected chi connectivity index (χ3v) is 18.2. The molecular weight excluding hydrogens is 727 g/mol. The van der Waals surface area contributed by atoms with Gasteiger partial charge in [0.2, 0.25) is 0 Å². The molecule has 3 heteroatoms. The van der Waals surface area contributed by atoms with E-state index in [1.807, 2.05) is 0 Å². The van der Waals surface area contributed by atoms with E-state index in [-0.39, 0.29) is 35.6 Å². The van der Waals surface area contributed by atoms with Gasteiger partial charge in [0.1, 0.15) is 0 Å². The molecule has 0 amide bonds. The standard InChI is InChI=1S/C21H14.C21H25.C5H5.2ClH.Zr/c1-3-7-20-14-16(9-11-18(20)5-1)13-17-10-12-19-6-2-4-8-21(19)15-17;1-20(2,3)16-7-9-18-14(12-16)11-15-13-17(21(4,5)6)8-10-19(15)18;1-2-4-5-3-1;;;/h1-12,14-15H;7-10,12H,11H2,1-6H3;1-3H,4H2;2*1H;. The average Bonchev–Trinajstić information content (AvgIpc) is 3.74. The third kappa shape index (κ3) is 6.59. The van der Waals surface area contributed by atoms with Crippen LogP contribution in [0.15, 0.2) is 137 Å². The van der Waals surface area contributed by atoms with E-state index in [9.17, 15) is 0 Å². The number of hydrogen-bond donors (Lipinski definition) is 0. The number of hydrogen-bond acceptors (Lipinski definition) is 0. The molecule has 0 radical (unpaired) electrons. The number of halogens is 2. The second-order valence-electron chi connectivity index (χ2n) is 15.8. The first kappa shape index (κ1) is 36.4. The zero-order valence-corrected chi connectivity index (χ0v) is 34.0. The summed E-state index contributed by atoms with van der Waals surface area (Å²) in [6, 6.07) is 44.4. The summed E-state index contributed by atoms with van der Waals surface area (Å²) >= 11 is -2.90. The third-order valence-electron chi connectivity index (χ3n) is 10.4. The molecule has 0 atom stereocenters. The Bertz CT molecular complexity index is 2280. The molecule has 50 heavy (non-hydrogen) atoms. The molecule has 0 heterocycles. The fraction of sp³-hybridized carbons (Fsp3) is 0.213. The molecule has 0 spiro atoms. The summed E-state index contributed by atoms with van der Waals surface area (Å²) in [5.74, 6) is 0. The van der Waals surface area contributed by atoms with Crippen LogP contribution in [0, 0.1) is 0 Å². The minimum Gasteiger partial charge on any atom is -0.147 e. The van der Waals surface area contributed by atoms with E-state index >= 15 is 0 Å². The quantitative estimate of drug-likeness (QED) is 0.167. The Balaban J connectivity index is 0.00000216. The largest absolute Gasteiger partial charge is 0.147 e. The zero-order chi connectivity index (χ0) is 33.2. The first-order valence-electron chi connectivity index (χ1n) is 17.5. The zero-order valence-electron chi connectivity index (χ0n) is 29.9. The minimum atomic E-state index is -2.90. The Morgan fingerprint density at radius 2 is 1.16 bits per heavy atom. The fourth-order valence-corrected chi connectivity index (χ4v) is 16.8. The Morgan fingerprint density at radius 3 is 1.70 bits per heavy atom. The van der Waals surface area contributed by atoms with Gasteiger partial charge in [0.05, 0.1) is 0 Å². The van der Waals surface area contributed by atoms with Crippen molar-refractivity contribution in [1.82, 2.24) is 0 Å². The molecule has 2 aliphatic rings. The molecular formula is C47H46Cl2Zr. The van der Waals surface area contributed by atoms with Crippen LogP contribution in [0.4, 0.5) is 0 Å². The summed E-state index contributed by atoms with van der Waals surface area (Å²) in [5, 5.41) is 5.22. The van der Waals surface area contributed by atoms with Crippen molar-refractivity contribution in [2.45, 2.75) is 65.2 Å². The van der Waals surface area contributed by atoms with Gasteiger partial charge in [-0.3, -0.25) is 0 Å². The van der Waals surface area contributed by atoms with Gasteiger partial charge < -0.3 is 0 Å². The average molecular weight is 773 g/mol. The van der Waals surface area contributed by atoms with E-state index in [1.165, 1.54) is 60.5 Å². The fourth-order valence-electron chi connectivity index (χ4n) is 7.88. The van der Waals surface area contributed by atoms with Gasteiger partial charge in [0.25, 0.3) is 0 Å². The Labute approximate surface area is 318 Å². The van der Waals surface area contributed by atoms with Crippen molar-refractivity contribution in [3.05, 3.63) is 170 Å². The van der Waals surface area contributed by atoms with E-state index in [0.717, 1.165) is 12.8 Å². The summed E-state index contributed by atoms with van der Waals surface area (Å²) in [5.41, 5.74) is 11.8. The molecule has 0 nitrogen and oxygen atoms in total. The molecule has 2 aliphatic carbocycles. The van der Waals surface area contributed by atoms with E-state index in [2.05, 4.69) is 175 Å². The summed E-state index contributed by atoms with van der Waals surface area (Å²) < 4.78 is 4.95. The van der Waals surface area contributed by atoms with Gasteiger partial charge in [0.15, 0.2) is 0 Å². The predicted molar refractivity (Wildman–Crippen MR) is 219 cm³/mol. The summed E-state index contributed by atoms with van der Waals surface area (Å²) in [6.07, 6.45) is 9.26. The second-order valence-corrected chi connectivity index (χ2v) is 21.6. The van der Waals surface area contributed by atoms with Gasteiger partial charge in [0, 0.05) is 0 Å². The first-order valence-corrected chi connectivity index (χ1v) is 21.1. The van der Waals surface area contributed by atoms with Gasteiger partial charge in [-0.15, -0.1) is 24.8 Å². The van der Waals surface area contributed by atoms with Gasteiger partial charge in [-0.05, 0) is 0 Å². The molecule has 0 unspecified atom stereocenters. The molecule has 0 saturated heterocycles. The predicted octanol–water partition coefficient (Wildman–Crippen LogP) is 12.4. The van der Waals surface area contributed by atoms with Crippen molar-refractivity contribution in [1.29, 1.82) is 0 Å². The molecule has 0 aliphatic heterocycles. The number of benzene rings is 6. The Kier molecular flexibility index (Phi) is 10.2. The van der Waals surface area contributed by atoms with Crippen LogP contribution >= 0.6 is 24.8 Å².